The van der Waals surface area contributed by atoms with Crippen LogP contribution in [-0.4, -0.2) is 11.2 Å². The van der Waals surface area contributed by atoms with Gasteiger partial charge in [0.2, 0.25) is 5.56 Å². The summed E-state index contributed by atoms with van der Waals surface area (Å²) in [6.07, 6.45) is 0. The molecule has 2 rings (SSSR count). The fourth-order valence-electron chi connectivity index (χ4n) is 1.99. The smallest absolute Gasteiger partial charge is 0.212 e. The van der Waals surface area contributed by atoms with Crippen LogP contribution in [0.2, 0.25) is 5.02 Å². The second kappa shape index (κ2) is 8.53. The van der Waals surface area contributed by atoms with Gasteiger partial charge in [0.1, 0.15) is 12.4 Å². The van der Waals surface area contributed by atoms with E-state index in [9.17, 15) is 4.79 Å². The third-order valence-corrected chi connectivity index (χ3v) is 3.39. The molecule has 22 heavy (non-hydrogen) atoms. The van der Waals surface area contributed by atoms with Gasteiger partial charge in [-0.15, -0.1) is 12.0 Å². The average Bonchev–Trinajstić information content (AvgIpc) is 2.46. The molecule has 1 aromatic heterocycles. The number of ether oxygens (including phenoxy) is 1. The molecule has 0 saturated heterocycles. The summed E-state index contributed by atoms with van der Waals surface area (Å²) in [6.45, 7) is 4.09. The second-order valence-electron chi connectivity index (χ2n) is 4.54. The molecule has 1 aromatic carbocycles. The Labute approximate surface area is 160 Å². The van der Waals surface area contributed by atoms with Gasteiger partial charge in [0.25, 0.3) is 0 Å². The number of aryl methyl sites for hydroxylation is 1. The molecule has 0 unspecified atom stereocenters. The number of benzene rings is 1. The number of hydrogen-bond donors (Lipinski definition) is 0. The molecule has 0 aliphatic heterocycles. The van der Waals surface area contributed by atoms with Crippen molar-refractivity contribution in [2.24, 2.45) is 7.05 Å². The minimum absolute atomic E-state index is 0. The average molecular weight is 390 g/mol. The van der Waals surface area contributed by atoms with Crippen LogP contribution >= 0.6 is 11.6 Å². The number of nitrogens with zero attached hydrogens (tertiary/aromatic N) is 1. The van der Waals surface area contributed by atoms with Crippen LogP contribution in [0.25, 0.3) is 11.3 Å². The molecule has 1 radical (unpaired) electrons. The van der Waals surface area contributed by atoms with Crippen molar-refractivity contribution in [3.63, 3.8) is 0 Å². The summed E-state index contributed by atoms with van der Waals surface area (Å²) in [7, 11) is 1.68. The standard InChI is InChI=1S/C17H15ClNO2.Y/c1-4-5-10-21-13-6-7-14(12(2)11-13)16-9-8-15(18)17(20)19(16)3;/h6-8,11H,10H2,1-3H3;/q-1;. The Bertz CT molecular complexity index is 787. The molecule has 0 saturated carbocycles. The van der Waals surface area contributed by atoms with E-state index in [1.807, 2.05) is 25.1 Å². The van der Waals surface area contributed by atoms with Gasteiger partial charge in [0.05, 0.1) is 0 Å². The van der Waals surface area contributed by atoms with E-state index in [0.717, 1.165) is 16.9 Å². The molecule has 0 atom stereocenters. The second-order valence-corrected chi connectivity index (χ2v) is 4.95. The van der Waals surface area contributed by atoms with Gasteiger partial charge in [0, 0.05) is 44.8 Å². The van der Waals surface area contributed by atoms with Gasteiger partial charge >= 0.3 is 0 Å². The number of hydrogen-bond acceptors (Lipinski definition) is 2. The zero-order valence-corrected chi connectivity index (χ0v) is 16.3. The molecule has 3 nitrogen and oxygen atoms in total. The number of aromatic nitrogens is 1. The van der Waals surface area contributed by atoms with Gasteiger partial charge in [-0.2, -0.15) is 23.7 Å². The van der Waals surface area contributed by atoms with Crippen LogP contribution < -0.4 is 10.3 Å². The monoisotopic (exact) mass is 389 g/mol. The van der Waals surface area contributed by atoms with Crippen LogP contribution in [0.5, 0.6) is 5.75 Å². The van der Waals surface area contributed by atoms with Crippen LogP contribution in [-0.2, 0) is 39.8 Å². The first-order chi connectivity index (χ1) is 10.0. The first-order valence-corrected chi connectivity index (χ1v) is 6.83. The molecule has 2 aromatic rings. The zero-order chi connectivity index (χ0) is 15.4. The van der Waals surface area contributed by atoms with E-state index in [1.54, 1.807) is 14.0 Å². The van der Waals surface area contributed by atoms with Crippen LogP contribution in [0.15, 0.2) is 29.1 Å². The van der Waals surface area contributed by atoms with Crippen molar-refractivity contribution in [3.8, 4) is 28.8 Å². The maximum Gasteiger partial charge on any atom is 0.212 e. The number of pyridine rings is 1. The predicted octanol–water partition coefficient (Wildman–Crippen LogP) is 3.21. The molecular formula is C17H15ClNO2Y-. The Hall–Kier alpha value is -1.08. The quantitative estimate of drug-likeness (QED) is 0.596. The summed E-state index contributed by atoms with van der Waals surface area (Å²) in [6, 6.07) is 10.2. The van der Waals surface area contributed by atoms with Crippen LogP contribution in [0.1, 0.15) is 12.5 Å². The van der Waals surface area contributed by atoms with E-state index in [4.69, 9.17) is 16.3 Å². The van der Waals surface area contributed by atoms with Crippen molar-refractivity contribution >= 4 is 11.6 Å². The summed E-state index contributed by atoms with van der Waals surface area (Å²) >= 11 is 5.81. The Kier molecular flexibility index (Phi) is 7.35. The molecule has 111 valence electrons. The van der Waals surface area contributed by atoms with E-state index in [-0.39, 0.29) is 43.3 Å². The molecular weight excluding hydrogens is 375 g/mol. The van der Waals surface area contributed by atoms with Gasteiger partial charge < -0.3 is 9.30 Å². The molecule has 0 amide bonds. The molecule has 0 aliphatic carbocycles. The number of halogens is 1. The van der Waals surface area contributed by atoms with Crippen LogP contribution in [0.3, 0.4) is 0 Å². The molecule has 0 spiro atoms. The van der Waals surface area contributed by atoms with Crippen molar-refractivity contribution in [3.05, 3.63) is 51.3 Å². The predicted molar refractivity (Wildman–Crippen MR) is 84.6 cm³/mol. The van der Waals surface area contributed by atoms with E-state index in [1.165, 1.54) is 10.6 Å². The minimum atomic E-state index is -0.233. The van der Waals surface area contributed by atoms with E-state index in [2.05, 4.69) is 17.9 Å². The Balaban J connectivity index is 0.00000242. The summed E-state index contributed by atoms with van der Waals surface area (Å²) in [4.78, 5) is 11.9. The SMILES string of the molecule is CC#CCOc1ccc(-c2[c-]cc(Cl)c(=O)n2C)c(C)c1.[Y]. The van der Waals surface area contributed by atoms with Crippen molar-refractivity contribution in [1.29, 1.82) is 0 Å². The molecule has 5 heteroatoms. The van der Waals surface area contributed by atoms with Gasteiger partial charge in [-0.05, 0) is 19.1 Å². The van der Waals surface area contributed by atoms with Gasteiger partial charge in [-0.1, -0.05) is 29.7 Å². The van der Waals surface area contributed by atoms with Crippen molar-refractivity contribution in [2.75, 3.05) is 6.61 Å². The maximum absolute atomic E-state index is 11.9. The largest absolute Gasteiger partial charge is 0.481 e. The van der Waals surface area contributed by atoms with Crippen molar-refractivity contribution < 1.29 is 37.4 Å². The molecule has 0 bridgehead atoms. The molecule has 0 N–H and O–H groups in total. The van der Waals surface area contributed by atoms with E-state index >= 15 is 0 Å². The number of rotatable bonds is 3. The Morgan fingerprint density at radius 1 is 1.41 bits per heavy atom. The third kappa shape index (κ3) is 4.23. The van der Waals surface area contributed by atoms with Crippen LogP contribution in [0.4, 0.5) is 0 Å². The summed E-state index contributed by atoms with van der Waals surface area (Å²) in [5, 5.41) is 0.164. The summed E-state index contributed by atoms with van der Waals surface area (Å²) < 4.78 is 7.01. The summed E-state index contributed by atoms with van der Waals surface area (Å²) in [5.74, 6) is 6.37. The van der Waals surface area contributed by atoms with E-state index < -0.39 is 0 Å². The van der Waals surface area contributed by atoms with Crippen molar-refractivity contribution in [1.82, 2.24) is 4.57 Å². The first-order valence-electron chi connectivity index (χ1n) is 6.45. The molecule has 0 fully saturated rings. The maximum atomic E-state index is 11.9. The topological polar surface area (TPSA) is 31.2 Å². The Morgan fingerprint density at radius 2 is 2.14 bits per heavy atom. The fraction of sp³-hybridized carbons (Fsp3) is 0.235. The van der Waals surface area contributed by atoms with Crippen molar-refractivity contribution in [2.45, 2.75) is 13.8 Å². The first kappa shape index (κ1) is 19.0. The van der Waals surface area contributed by atoms with Crippen LogP contribution in [0, 0.1) is 24.8 Å². The molecule has 0 aliphatic rings. The minimum Gasteiger partial charge on any atom is -0.481 e. The third-order valence-electron chi connectivity index (χ3n) is 3.12. The Morgan fingerprint density at radius 3 is 2.77 bits per heavy atom. The van der Waals surface area contributed by atoms with Gasteiger partial charge in [-0.3, -0.25) is 4.79 Å². The fourth-order valence-corrected chi connectivity index (χ4v) is 2.18. The molecule has 1 heterocycles. The van der Waals surface area contributed by atoms with Gasteiger partial charge in [0.15, 0.2) is 0 Å². The van der Waals surface area contributed by atoms with Gasteiger partial charge in [-0.25, -0.2) is 0 Å². The zero-order valence-electron chi connectivity index (χ0n) is 12.7. The normalized spacial score (nSPS) is 9.45. The summed E-state index contributed by atoms with van der Waals surface area (Å²) in [5.41, 5.74) is 2.37. The van der Waals surface area contributed by atoms with E-state index in [0.29, 0.717) is 12.3 Å².